The van der Waals surface area contributed by atoms with Crippen molar-refractivity contribution in [1.29, 1.82) is 0 Å². The minimum Gasteiger partial charge on any atom is -0.346 e. The SMILES string of the molecule is C=CC(=O)c1cn(CCC)c(C2=CC(c3ccccc3F)=CC(C)C#C2)cc1=O. The topological polar surface area (TPSA) is 39.1 Å². The Hall–Kier alpha value is -3.45. The van der Waals surface area contributed by atoms with E-state index >= 15 is 0 Å². The third-order valence-electron chi connectivity index (χ3n) is 4.67. The van der Waals surface area contributed by atoms with Crippen molar-refractivity contribution in [3.63, 3.8) is 0 Å². The van der Waals surface area contributed by atoms with Crippen LogP contribution in [0.4, 0.5) is 4.39 Å². The van der Waals surface area contributed by atoms with Gasteiger partial charge in [-0.05, 0) is 37.1 Å². The molecule has 1 aromatic heterocycles. The minimum absolute atomic E-state index is 0.0775. The van der Waals surface area contributed by atoms with E-state index in [2.05, 4.69) is 18.4 Å². The van der Waals surface area contributed by atoms with Gasteiger partial charge >= 0.3 is 0 Å². The molecule has 3 nitrogen and oxygen atoms in total. The molecule has 4 heteroatoms. The molecule has 0 saturated carbocycles. The van der Waals surface area contributed by atoms with Gasteiger partial charge in [-0.25, -0.2) is 4.39 Å². The van der Waals surface area contributed by atoms with E-state index in [9.17, 15) is 14.0 Å². The lowest BCUT2D eigenvalue weighted by Crippen LogP contribution is -2.19. The Morgan fingerprint density at radius 3 is 2.79 bits per heavy atom. The van der Waals surface area contributed by atoms with Gasteiger partial charge in [0.2, 0.25) is 0 Å². The molecule has 3 rings (SSSR count). The standard InChI is InChI=1S/C25H22FNO2/c1-4-12-27-16-21(24(28)5-2)25(29)15-23(27)18-11-10-17(3)13-19(14-18)20-8-6-7-9-22(20)26/h5-9,13-17H,2,4,12H2,1,3H3. The molecule has 0 radical (unpaired) electrons. The molecule has 0 aliphatic heterocycles. The van der Waals surface area contributed by atoms with Crippen LogP contribution >= 0.6 is 0 Å². The van der Waals surface area contributed by atoms with Crippen molar-refractivity contribution in [2.24, 2.45) is 5.92 Å². The monoisotopic (exact) mass is 387 g/mol. The molecule has 0 bridgehead atoms. The average Bonchev–Trinajstić information content (AvgIpc) is 2.90. The van der Waals surface area contributed by atoms with Crippen molar-refractivity contribution in [3.8, 4) is 11.8 Å². The Bertz CT molecular complexity index is 1160. The number of carbonyl (C=O) groups excluding carboxylic acids is 1. The van der Waals surface area contributed by atoms with E-state index in [1.165, 1.54) is 12.1 Å². The lowest BCUT2D eigenvalue weighted by atomic mass is 9.99. The number of hydrogen-bond donors (Lipinski definition) is 0. The summed E-state index contributed by atoms with van der Waals surface area (Å²) in [5, 5.41) is 0. The van der Waals surface area contributed by atoms with Gasteiger partial charge in [-0.3, -0.25) is 9.59 Å². The molecule has 1 atom stereocenters. The fraction of sp³-hybridized carbons (Fsp3) is 0.200. The maximum absolute atomic E-state index is 14.4. The first-order valence-corrected chi connectivity index (χ1v) is 9.56. The molecular weight excluding hydrogens is 365 g/mol. The quantitative estimate of drug-likeness (QED) is 0.402. The third-order valence-corrected chi connectivity index (χ3v) is 4.67. The summed E-state index contributed by atoms with van der Waals surface area (Å²) in [5.41, 5.74) is 2.11. The number of benzene rings is 1. The van der Waals surface area contributed by atoms with Crippen LogP contribution in [0.2, 0.25) is 0 Å². The van der Waals surface area contributed by atoms with Crippen LogP contribution in [-0.2, 0) is 6.54 Å². The van der Waals surface area contributed by atoms with Crippen LogP contribution in [0.5, 0.6) is 0 Å². The summed E-state index contributed by atoms with van der Waals surface area (Å²) in [6, 6.07) is 8.00. The Balaban J connectivity index is 2.20. The number of carbonyl (C=O) groups is 1. The number of hydrogen-bond acceptors (Lipinski definition) is 2. The first kappa shape index (κ1) is 20.3. The number of aromatic nitrogens is 1. The van der Waals surface area contributed by atoms with Gasteiger partial charge in [-0.2, -0.15) is 0 Å². The summed E-state index contributed by atoms with van der Waals surface area (Å²) in [4.78, 5) is 24.6. The zero-order valence-corrected chi connectivity index (χ0v) is 16.5. The summed E-state index contributed by atoms with van der Waals surface area (Å²) < 4.78 is 16.3. The van der Waals surface area contributed by atoms with Crippen LogP contribution in [0, 0.1) is 23.6 Å². The van der Waals surface area contributed by atoms with Crippen molar-refractivity contribution in [2.75, 3.05) is 0 Å². The highest BCUT2D eigenvalue weighted by molar-refractivity contribution is 6.04. The lowest BCUT2D eigenvalue weighted by Gasteiger charge is -2.14. The second kappa shape index (κ2) is 8.70. The molecule has 1 heterocycles. The van der Waals surface area contributed by atoms with E-state index in [1.54, 1.807) is 24.4 Å². The van der Waals surface area contributed by atoms with Gasteiger partial charge in [0.1, 0.15) is 5.82 Å². The molecule has 1 aliphatic rings. The fourth-order valence-electron chi connectivity index (χ4n) is 3.27. The molecule has 1 unspecified atom stereocenters. The number of aryl methyl sites for hydroxylation is 1. The summed E-state index contributed by atoms with van der Waals surface area (Å²) in [6.45, 7) is 8.03. The van der Waals surface area contributed by atoms with Crippen LogP contribution in [0.15, 0.2) is 66.1 Å². The second-order valence-corrected chi connectivity index (χ2v) is 6.92. The van der Waals surface area contributed by atoms with Crippen molar-refractivity contribution in [3.05, 3.63) is 94.2 Å². The van der Waals surface area contributed by atoms with E-state index in [-0.39, 0.29) is 22.7 Å². The van der Waals surface area contributed by atoms with Gasteiger partial charge in [0.05, 0.1) is 11.3 Å². The molecule has 146 valence electrons. The van der Waals surface area contributed by atoms with Gasteiger partial charge in [0, 0.05) is 35.9 Å². The van der Waals surface area contributed by atoms with Gasteiger partial charge < -0.3 is 4.57 Å². The molecule has 0 saturated heterocycles. The highest BCUT2D eigenvalue weighted by atomic mass is 19.1. The molecule has 0 fully saturated rings. The highest BCUT2D eigenvalue weighted by Crippen LogP contribution is 2.27. The Kier molecular flexibility index (Phi) is 6.09. The van der Waals surface area contributed by atoms with E-state index in [0.29, 0.717) is 28.9 Å². The molecule has 2 aromatic rings. The zero-order valence-electron chi connectivity index (χ0n) is 16.5. The van der Waals surface area contributed by atoms with E-state index in [0.717, 1.165) is 12.5 Å². The van der Waals surface area contributed by atoms with Gasteiger partial charge in [-0.15, -0.1) is 0 Å². The molecule has 1 aliphatic carbocycles. The Labute approximate surface area is 169 Å². The first-order chi connectivity index (χ1) is 13.9. The Morgan fingerprint density at radius 2 is 2.10 bits per heavy atom. The first-order valence-electron chi connectivity index (χ1n) is 9.56. The molecule has 0 N–H and O–H groups in total. The molecule has 1 aromatic carbocycles. The molecular formula is C25H22FNO2. The largest absolute Gasteiger partial charge is 0.346 e. The van der Waals surface area contributed by atoms with Gasteiger partial charge in [0.25, 0.3) is 0 Å². The summed E-state index contributed by atoms with van der Waals surface area (Å²) in [6.07, 6.45) is 7.23. The predicted molar refractivity (Wildman–Crippen MR) is 115 cm³/mol. The third kappa shape index (κ3) is 4.35. The number of ketones is 1. The predicted octanol–water partition coefficient (Wildman–Crippen LogP) is 4.89. The number of allylic oxidation sites excluding steroid dienone is 5. The summed E-state index contributed by atoms with van der Waals surface area (Å²) in [7, 11) is 0. The minimum atomic E-state index is -0.409. The second-order valence-electron chi connectivity index (χ2n) is 6.92. The summed E-state index contributed by atoms with van der Waals surface area (Å²) >= 11 is 0. The van der Waals surface area contributed by atoms with Crippen molar-refractivity contribution < 1.29 is 9.18 Å². The number of nitrogens with zero attached hydrogens (tertiary/aromatic N) is 1. The number of pyridine rings is 1. The van der Waals surface area contributed by atoms with Crippen molar-refractivity contribution in [2.45, 2.75) is 26.8 Å². The van der Waals surface area contributed by atoms with Gasteiger partial charge in [0.15, 0.2) is 11.2 Å². The smallest absolute Gasteiger partial charge is 0.193 e. The van der Waals surface area contributed by atoms with Crippen LogP contribution in [0.25, 0.3) is 11.1 Å². The van der Waals surface area contributed by atoms with Crippen LogP contribution in [0.1, 0.15) is 41.9 Å². The number of halogens is 1. The van der Waals surface area contributed by atoms with Crippen molar-refractivity contribution in [1.82, 2.24) is 4.57 Å². The van der Waals surface area contributed by atoms with Crippen molar-refractivity contribution >= 4 is 16.9 Å². The summed E-state index contributed by atoms with van der Waals surface area (Å²) in [5.74, 6) is 5.46. The van der Waals surface area contributed by atoms with Crippen LogP contribution in [-0.4, -0.2) is 10.4 Å². The maximum Gasteiger partial charge on any atom is 0.193 e. The van der Waals surface area contributed by atoms with Crippen LogP contribution in [0.3, 0.4) is 0 Å². The fourth-order valence-corrected chi connectivity index (χ4v) is 3.27. The molecule has 0 spiro atoms. The maximum atomic E-state index is 14.4. The van der Waals surface area contributed by atoms with E-state index in [4.69, 9.17) is 0 Å². The lowest BCUT2D eigenvalue weighted by molar-refractivity contribution is 0.104. The normalized spacial score (nSPS) is 15.5. The van der Waals surface area contributed by atoms with E-state index < -0.39 is 5.78 Å². The van der Waals surface area contributed by atoms with Crippen LogP contribution < -0.4 is 5.43 Å². The van der Waals surface area contributed by atoms with Gasteiger partial charge in [-0.1, -0.05) is 49.6 Å². The highest BCUT2D eigenvalue weighted by Gasteiger charge is 2.16. The molecule has 29 heavy (non-hydrogen) atoms. The average molecular weight is 387 g/mol. The Morgan fingerprint density at radius 1 is 1.34 bits per heavy atom. The van der Waals surface area contributed by atoms with E-state index in [1.807, 2.05) is 30.6 Å². The number of rotatable bonds is 6. The molecule has 0 amide bonds. The zero-order chi connectivity index (χ0) is 21.0.